The van der Waals surface area contributed by atoms with Crippen LogP contribution in [0.3, 0.4) is 0 Å². The second-order valence-electron chi connectivity index (χ2n) is 4.95. The van der Waals surface area contributed by atoms with Crippen molar-refractivity contribution in [3.63, 3.8) is 0 Å². The van der Waals surface area contributed by atoms with Gasteiger partial charge >= 0.3 is 0 Å². The molecule has 7 heteroatoms. The fourth-order valence-corrected chi connectivity index (χ4v) is 3.07. The van der Waals surface area contributed by atoms with Crippen molar-refractivity contribution in [3.8, 4) is 0 Å². The van der Waals surface area contributed by atoms with E-state index in [4.69, 9.17) is 0 Å². The van der Waals surface area contributed by atoms with Gasteiger partial charge in [-0.2, -0.15) is 0 Å². The van der Waals surface area contributed by atoms with Gasteiger partial charge in [0, 0.05) is 23.2 Å². The van der Waals surface area contributed by atoms with Gasteiger partial charge in [0.2, 0.25) is 5.91 Å². The van der Waals surface area contributed by atoms with Crippen LogP contribution in [-0.4, -0.2) is 27.2 Å². The molecule has 1 amide bonds. The van der Waals surface area contributed by atoms with E-state index in [1.54, 1.807) is 6.33 Å². The van der Waals surface area contributed by atoms with Crippen molar-refractivity contribution in [1.29, 1.82) is 0 Å². The van der Waals surface area contributed by atoms with Crippen molar-refractivity contribution >= 4 is 23.4 Å². The van der Waals surface area contributed by atoms with Crippen LogP contribution in [-0.2, 0) is 11.8 Å². The maximum Gasteiger partial charge on any atom is 0.246 e. The minimum Gasteiger partial charge on any atom is -0.324 e. The molecule has 1 aliphatic heterocycles. The molecule has 0 radical (unpaired) electrons. The van der Waals surface area contributed by atoms with E-state index in [1.165, 1.54) is 11.8 Å². The van der Waals surface area contributed by atoms with Gasteiger partial charge in [-0.15, -0.1) is 10.2 Å². The number of hydrogen-bond donors (Lipinski definition) is 2. The zero-order valence-corrected chi connectivity index (χ0v) is 12.8. The molecule has 0 spiro atoms. The number of carbonyl (C=O) groups is 1. The standard InChI is InChI=1S/C14H17N5OS/c1-3-6-15-12-10-5-4-9(7-11(10)17-13(12)20)21-14-18-16-8-19(14)2/h4-5,7-8,12,15H,3,6H2,1-2H3,(H,17,20). The Bertz CT molecular complexity index is 669. The maximum atomic E-state index is 12.0. The number of hydrogen-bond acceptors (Lipinski definition) is 5. The molecule has 21 heavy (non-hydrogen) atoms. The van der Waals surface area contributed by atoms with Gasteiger partial charge in [0.05, 0.1) is 0 Å². The van der Waals surface area contributed by atoms with E-state index < -0.39 is 0 Å². The van der Waals surface area contributed by atoms with Crippen LogP contribution in [0.25, 0.3) is 0 Å². The van der Waals surface area contributed by atoms with Crippen molar-refractivity contribution in [2.45, 2.75) is 29.4 Å². The lowest BCUT2D eigenvalue weighted by Gasteiger charge is -2.10. The summed E-state index contributed by atoms with van der Waals surface area (Å²) < 4.78 is 1.86. The third kappa shape index (κ3) is 2.79. The molecule has 1 aliphatic rings. The zero-order chi connectivity index (χ0) is 14.8. The van der Waals surface area contributed by atoms with Crippen LogP contribution in [0.1, 0.15) is 24.9 Å². The highest BCUT2D eigenvalue weighted by atomic mass is 32.2. The molecular weight excluding hydrogens is 286 g/mol. The summed E-state index contributed by atoms with van der Waals surface area (Å²) in [4.78, 5) is 13.0. The third-order valence-electron chi connectivity index (χ3n) is 3.33. The number of fused-ring (bicyclic) bond motifs is 1. The number of carbonyl (C=O) groups excluding carboxylic acids is 1. The first-order chi connectivity index (χ1) is 10.2. The highest BCUT2D eigenvalue weighted by molar-refractivity contribution is 7.99. The van der Waals surface area contributed by atoms with E-state index in [9.17, 15) is 4.79 Å². The maximum absolute atomic E-state index is 12.0. The number of anilines is 1. The molecule has 2 N–H and O–H groups in total. The topological polar surface area (TPSA) is 71.8 Å². The molecule has 1 aromatic carbocycles. The van der Waals surface area contributed by atoms with Crippen LogP contribution < -0.4 is 10.6 Å². The van der Waals surface area contributed by atoms with Crippen LogP contribution in [0.4, 0.5) is 5.69 Å². The minimum atomic E-state index is -0.242. The number of benzene rings is 1. The smallest absolute Gasteiger partial charge is 0.246 e. The van der Waals surface area contributed by atoms with Gasteiger partial charge in [-0.1, -0.05) is 13.0 Å². The van der Waals surface area contributed by atoms with Gasteiger partial charge in [-0.3, -0.25) is 4.79 Å². The third-order valence-corrected chi connectivity index (χ3v) is 4.38. The van der Waals surface area contributed by atoms with E-state index in [0.717, 1.165) is 34.3 Å². The normalized spacial score (nSPS) is 16.9. The molecular formula is C14H17N5OS. The second-order valence-corrected chi connectivity index (χ2v) is 5.99. The summed E-state index contributed by atoms with van der Waals surface area (Å²) in [7, 11) is 1.90. The summed E-state index contributed by atoms with van der Waals surface area (Å²) in [5.74, 6) is 0.0132. The lowest BCUT2D eigenvalue weighted by molar-refractivity contribution is -0.117. The summed E-state index contributed by atoms with van der Waals surface area (Å²) >= 11 is 1.52. The fourth-order valence-electron chi connectivity index (χ4n) is 2.27. The Labute approximate surface area is 127 Å². The second kappa shape index (κ2) is 5.87. The summed E-state index contributed by atoms with van der Waals surface area (Å²) in [6, 6.07) is 5.76. The number of amides is 1. The molecule has 1 atom stereocenters. The van der Waals surface area contributed by atoms with Crippen molar-refractivity contribution in [1.82, 2.24) is 20.1 Å². The van der Waals surface area contributed by atoms with Crippen LogP contribution in [0.5, 0.6) is 0 Å². The Balaban J connectivity index is 1.81. The molecule has 2 aromatic rings. The van der Waals surface area contributed by atoms with E-state index in [0.29, 0.717) is 0 Å². The van der Waals surface area contributed by atoms with Crippen LogP contribution in [0, 0.1) is 0 Å². The van der Waals surface area contributed by atoms with Crippen molar-refractivity contribution < 1.29 is 4.79 Å². The monoisotopic (exact) mass is 303 g/mol. The summed E-state index contributed by atoms with van der Waals surface area (Å²) in [5.41, 5.74) is 1.89. The number of nitrogens with zero attached hydrogens (tertiary/aromatic N) is 3. The first-order valence-corrected chi connectivity index (χ1v) is 7.70. The van der Waals surface area contributed by atoms with E-state index in [-0.39, 0.29) is 11.9 Å². The Hall–Kier alpha value is -1.86. The van der Waals surface area contributed by atoms with Crippen molar-refractivity contribution in [2.75, 3.05) is 11.9 Å². The Morgan fingerprint density at radius 1 is 1.48 bits per heavy atom. The Morgan fingerprint density at radius 2 is 2.33 bits per heavy atom. The predicted molar refractivity (Wildman–Crippen MR) is 81.2 cm³/mol. The molecule has 6 nitrogen and oxygen atoms in total. The molecule has 2 heterocycles. The number of nitrogens with one attached hydrogen (secondary N) is 2. The molecule has 0 saturated heterocycles. The average Bonchev–Trinajstić information content (AvgIpc) is 3.00. The van der Waals surface area contributed by atoms with Gasteiger partial charge in [0.1, 0.15) is 12.4 Å². The fraction of sp³-hybridized carbons (Fsp3) is 0.357. The quantitative estimate of drug-likeness (QED) is 0.883. The van der Waals surface area contributed by atoms with Gasteiger partial charge in [0.25, 0.3) is 0 Å². The van der Waals surface area contributed by atoms with Crippen LogP contribution >= 0.6 is 11.8 Å². The number of rotatable bonds is 5. The minimum absolute atomic E-state index is 0.0132. The van der Waals surface area contributed by atoms with Crippen molar-refractivity contribution in [2.24, 2.45) is 7.05 Å². The molecule has 0 aliphatic carbocycles. The molecule has 1 aromatic heterocycles. The molecule has 0 bridgehead atoms. The first kappa shape index (κ1) is 14.1. The molecule has 1 unspecified atom stereocenters. The number of aromatic nitrogens is 3. The molecule has 3 rings (SSSR count). The summed E-state index contributed by atoms with van der Waals surface area (Å²) in [5, 5.41) is 14.9. The molecule has 0 saturated carbocycles. The van der Waals surface area contributed by atoms with Crippen LogP contribution in [0.15, 0.2) is 34.6 Å². The predicted octanol–water partition coefficient (Wildman–Crippen LogP) is 1.96. The van der Waals surface area contributed by atoms with Gasteiger partial charge in [-0.25, -0.2) is 0 Å². The Kier molecular flexibility index (Phi) is 3.94. The zero-order valence-electron chi connectivity index (χ0n) is 12.0. The van der Waals surface area contributed by atoms with Crippen LogP contribution in [0.2, 0.25) is 0 Å². The summed E-state index contributed by atoms with van der Waals surface area (Å²) in [6.07, 6.45) is 2.67. The highest BCUT2D eigenvalue weighted by Crippen LogP contribution is 2.35. The SMILES string of the molecule is CCCNC1C(=O)Nc2cc(Sc3nncn3C)ccc21. The lowest BCUT2D eigenvalue weighted by atomic mass is 10.1. The van der Waals surface area contributed by atoms with E-state index in [2.05, 4.69) is 27.8 Å². The highest BCUT2D eigenvalue weighted by Gasteiger charge is 2.29. The molecule has 110 valence electrons. The van der Waals surface area contributed by atoms with E-state index in [1.807, 2.05) is 29.8 Å². The molecule has 0 fully saturated rings. The van der Waals surface area contributed by atoms with Crippen molar-refractivity contribution in [3.05, 3.63) is 30.1 Å². The van der Waals surface area contributed by atoms with Gasteiger partial charge in [0.15, 0.2) is 5.16 Å². The van der Waals surface area contributed by atoms with E-state index >= 15 is 0 Å². The van der Waals surface area contributed by atoms with Gasteiger partial charge in [-0.05, 0) is 36.9 Å². The first-order valence-electron chi connectivity index (χ1n) is 6.89. The summed E-state index contributed by atoms with van der Waals surface area (Å²) in [6.45, 7) is 2.91. The Morgan fingerprint density at radius 3 is 3.05 bits per heavy atom. The lowest BCUT2D eigenvalue weighted by Crippen LogP contribution is -2.27. The number of aryl methyl sites for hydroxylation is 1. The van der Waals surface area contributed by atoms with Gasteiger partial charge < -0.3 is 15.2 Å². The average molecular weight is 303 g/mol. The largest absolute Gasteiger partial charge is 0.324 e.